The van der Waals surface area contributed by atoms with Crippen molar-refractivity contribution in [3.05, 3.63) is 48.2 Å². The van der Waals surface area contributed by atoms with Gasteiger partial charge >= 0.3 is 0 Å². The Bertz CT molecular complexity index is 1060. The van der Waals surface area contributed by atoms with Crippen LogP contribution in [-0.4, -0.2) is 51.0 Å². The maximum Gasteiger partial charge on any atom is 0.244 e. The van der Waals surface area contributed by atoms with Crippen molar-refractivity contribution in [2.75, 3.05) is 30.3 Å². The average Bonchev–Trinajstić information content (AvgIpc) is 3.25. The fraction of sp³-hybridized carbons (Fsp3) is 0.417. The molecule has 3 aromatic rings. The van der Waals surface area contributed by atoms with Gasteiger partial charge in [0.15, 0.2) is 10.8 Å². The molecule has 3 heterocycles. The highest BCUT2D eigenvalue weighted by molar-refractivity contribution is 7.99. The maximum absolute atomic E-state index is 12.2. The molecule has 0 bridgehead atoms. The topological polar surface area (TPSA) is 75.9 Å². The van der Waals surface area contributed by atoms with Gasteiger partial charge in [0.2, 0.25) is 5.91 Å². The van der Waals surface area contributed by atoms with Crippen molar-refractivity contribution in [1.29, 1.82) is 0 Å². The Balaban J connectivity index is 1.46. The molecular weight excluding hydrogens is 420 g/mol. The van der Waals surface area contributed by atoms with Crippen LogP contribution in [0.2, 0.25) is 0 Å². The third kappa shape index (κ3) is 5.68. The minimum atomic E-state index is -0.117. The van der Waals surface area contributed by atoms with Crippen LogP contribution >= 0.6 is 11.8 Å². The van der Waals surface area contributed by atoms with E-state index in [1.54, 1.807) is 17.8 Å². The molecule has 7 nitrogen and oxygen atoms in total. The second kappa shape index (κ2) is 11.1. The number of carbonyl (C=O) groups excluding carboxylic acids is 1. The highest BCUT2D eigenvalue weighted by Crippen LogP contribution is 2.29. The molecule has 1 aromatic carbocycles. The van der Waals surface area contributed by atoms with Gasteiger partial charge in [-0.2, -0.15) is 5.10 Å². The smallest absolute Gasteiger partial charge is 0.244 e. The van der Waals surface area contributed by atoms with E-state index in [0.717, 1.165) is 52.8 Å². The number of amides is 1. The molecule has 4 rings (SSSR count). The Kier molecular flexibility index (Phi) is 7.77. The van der Waals surface area contributed by atoms with Crippen molar-refractivity contribution in [3.63, 3.8) is 0 Å². The number of fused-ring (bicyclic) bond motifs is 1. The molecule has 168 valence electrons. The highest BCUT2D eigenvalue weighted by Gasteiger charge is 2.20. The molecular formula is C24H30N6OS. The quantitative estimate of drug-likeness (QED) is 0.300. The molecule has 0 saturated carbocycles. The number of piperidine rings is 1. The summed E-state index contributed by atoms with van der Waals surface area (Å²) in [5.41, 5.74) is 1.84. The second-order valence-corrected chi connectivity index (χ2v) is 8.93. The van der Waals surface area contributed by atoms with Crippen molar-refractivity contribution in [2.24, 2.45) is 0 Å². The van der Waals surface area contributed by atoms with Crippen LogP contribution in [-0.2, 0) is 11.3 Å². The zero-order valence-corrected chi connectivity index (χ0v) is 19.4. The predicted octanol–water partition coefficient (Wildman–Crippen LogP) is 4.15. The second-order valence-electron chi connectivity index (χ2n) is 7.87. The first-order chi connectivity index (χ1) is 15.7. The van der Waals surface area contributed by atoms with E-state index < -0.39 is 0 Å². The van der Waals surface area contributed by atoms with Crippen molar-refractivity contribution >= 4 is 40.6 Å². The van der Waals surface area contributed by atoms with Gasteiger partial charge in [0, 0.05) is 31.5 Å². The molecule has 1 saturated heterocycles. The lowest BCUT2D eigenvalue weighted by molar-refractivity contribution is -0.116. The molecule has 1 N–H and O–H groups in total. The summed E-state index contributed by atoms with van der Waals surface area (Å²) in [6.07, 6.45) is 9.98. The van der Waals surface area contributed by atoms with Crippen LogP contribution in [0.3, 0.4) is 0 Å². The van der Waals surface area contributed by atoms with Crippen LogP contribution in [0.1, 0.15) is 38.2 Å². The molecule has 1 amide bonds. The number of nitrogens with zero attached hydrogens (tertiary/aromatic N) is 5. The van der Waals surface area contributed by atoms with Gasteiger partial charge in [0.25, 0.3) is 0 Å². The average molecular weight is 451 g/mol. The summed E-state index contributed by atoms with van der Waals surface area (Å²) in [4.78, 5) is 24.2. The molecule has 0 radical (unpaired) electrons. The van der Waals surface area contributed by atoms with Gasteiger partial charge in [0.05, 0.1) is 18.1 Å². The largest absolute Gasteiger partial charge is 0.356 e. The first kappa shape index (κ1) is 22.3. The number of rotatable bonds is 9. The van der Waals surface area contributed by atoms with E-state index in [-0.39, 0.29) is 5.91 Å². The molecule has 0 unspecified atom stereocenters. The first-order valence-corrected chi connectivity index (χ1v) is 12.4. The van der Waals surface area contributed by atoms with E-state index in [2.05, 4.69) is 22.2 Å². The third-order valence-electron chi connectivity index (χ3n) is 5.40. The van der Waals surface area contributed by atoms with Crippen LogP contribution < -0.4 is 10.2 Å². The van der Waals surface area contributed by atoms with E-state index in [1.807, 2.05) is 47.3 Å². The third-order valence-corrected chi connectivity index (χ3v) is 6.45. The Morgan fingerprint density at radius 1 is 1.16 bits per heavy atom. The van der Waals surface area contributed by atoms with Gasteiger partial charge in [0.1, 0.15) is 5.82 Å². The van der Waals surface area contributed by atoms with Crippen LogP contribution in [0.4, 0.5) is 5.82 Å². The lowest BCUT2D eigenvalue weighted by Gasteiger charge is -2.28. The SMILES string of the molecule is CCCSc1nc(N2CCCCC2)c2cnn(CCNC(=O)/C=C\c3ccccc3)c2n1. The molecule has 0 spiro atoms. The molecule has 8 heteroatoms. The van der Waals surface area contributed by atoms with E-state index in [4.69, 9.17) is 9.97 Å². The van der Waals surface area contributed by atoms with Crippen molar-refractivity contribution < 1.29 is 4.79 Å². The van der Waals surface area contributed by atoms with Gasteiger partial charge in [-0.15, -0.1) is 0 Å². The Morgan fingerprint density at radius 2 is 1.97 bits per heavy atom. The van der Waals surface area contributed by atoms with Crippen molar-refractivity contribution in [1.82, 2.24) is 25.1 Å². The number of anilines is 1. The monoisotopic (exact) mass is 450 g/mol. The molecule has 0 aliphatic carbocycles. The number of carbonyl (C=O) groups is 1. The minimum absolute atomic E-state index is 0.117. The van der Waals surface area contributed by atoms with Gasteiger partial charge in [-0.05, 0) is 37.3 Å². The number of aromatic nitrogens is 4. The van der Waals surface area contributed by atoms with E-state index >= 15 is 0 Å². The highest BCUT2D eigenvalue weighted by atomic mass is 32.2. The standard InChI is InChI=1S/C24H30N6OS/c1-2-17-32-24-27-22(29-14-7-4-8-15-29)20-18-26-30(23(20)28-24)16-13-25-21(31)12-11-19-9-5-3-6-10-19/h3,5-6,9-12,18H,2,4,7-8,13-17H2,1H3,(H,25,31)/b12-11-. The van der Waals surface area contributed by atoms with Crippen LogP contribution in [0.5, 0.6) is 0 Å². The number of hydrogen-bond acceptors (Lipinski definition) is 6. The normalized spacial score (nSPS) is 14.3. The van der Waals surface area contributed by atoms with Gasteiger partial charge in [-0.3, -0.25) is 4.79 Å². The fourth-order valence-electron chi connectivity index (χ4n) is 3.77. The molecule has 1 fully saturated rings. The fourth-order valence-corrected chi connectivity index (χ4v) is 4.46. The number of benzene rings is 1. The van der Waals surface area contributed by atoms with Crippen LogP contribution in [0.25, 0.3) is 17.1 Å². The summed E-state index contributed by atoms with van der Waals surface area (Å²) in [5.74, 6) is 1.87. The lowest BCUT2D eigenvalue weighted by Crippen LogP contribution is -2.30. The summed E-state index contributed by atoms with van der Waals surface area (Å²) >= 11 is 1.69. The van der Waals surface area contributed by atoms with E-state index in [9.17, 15) is 4.79 Å². The summed E-state index contributed by atoms with van der Waals surface area (Å²) < 4.78 is 1.88. The first-order valence-electron chi connectivity index (χ1n) is 11.4. The molecule has 32 heavy (non-hydrogen) atoms. The van der Waals surface area contributed by atoms with E-state index in [0.29, 0.717) is 13.1 Å². The Labute approximate surface area is 193 Å². The van der Waals surface area contributed by atoms with Gasteiger partial charge < -0.3 is 10.2 Å². The number of nitrogens with one attached hydrogen (secondary N) is 1. The van der Waals surface area contributed by atoms with E-state index in [1.165, 1.54) is 19.3 Å². The van der Waals surface area contributed by atoms with Crippen molar-refractivity contribution in [2.45, 2.75) is 44.3 Å². The number of hydrogen-bond donors (Lipinski definition) is 1. The van der Waals surface area contributed by atoms with Crippen molar-refractivity contribution in [3.8, 4) is 0 Å². The summed E-state index contributed by atoms with van der Waals surface area (Å²) in [6.45, 7) is 5.26. The minimum Gasteiger partial charge on any atom is -0.356 e. The zero-order chi connectivity index (χ0) is 22.2. The van der Waals surface area contributed by atoms with Gasteiger partial charge in [-0.1, -0.05) is 49.0 Å². The molecule has 1 aliphatic heterocycles. The zero-order valence-electron chi connectivity index (χ0n) is 18.5. The summed E-state index contributed by atoms with van der Waals surface area (Å²) in [7, 11) is 0. The van der Waals surface area contributed by atoms with Gasteiger partial charge in [-0.25, -0.2) is 14.6 Å². The molecule has 2 aromatic heterocycles. The Hall–Kier alpha value is -2.87. The summed E-state index contributed by atoms with van der Waals surface area (Å²) in [6, 6.07) is 9.79. The molecule has 1 aliphatic rings. The maximum atomic E-state index is 12.2. The van der Waals surface area contributed by atoms with Crippen LogP contribution in [0.15, 0.2) is 47.8 Å². The molecule has 0 atom stereocenters. The summed E-state index contributed by atoms with van der Waals surface area (Å²) in [5, 5.41) is 9.30. The predicted molar refractivity (Wildman–Crippen MR) is 131 cm³/mol. The lowest BCUT2D eigenvalue weighted by atomic mass is 10.1. The Morgan fingerprint density at radius 3 is 2.75 bits per heavy atom. The number of thioether (sulfide) groups is 1. The van der Waals surface area contributed by atoms with Crippen LogP contribution in [0, 0.1) is 0 Å².